The molecule has 2 fully saturated rings. The summed E-state index contributed by atoms with van der Waals surface area (Å²) in [6, 6.07) is 4.41. The van der Waals surface area contributed by atoms with Gasteiger partial charge in [0, 0.05) is 35.6 Å². The average molecular weight is 401 g/mol. The number of nitrogens with zero attached hydrogens (tertiary/aromatic N) is 3. The third kappa shape index (κ3) is 4.26. The van der Waals surface area contributed by atoms with Gasteiger partial charge in [-0.2, -0.15) is 0 Å². The zero-order chi connectivity index (χ0) is 19.6. The molecule has 0 bridgehead atoms. The van der Waals surface area contributed by atoms with Crippen molar-refractivity contribution in [2.24, 2.45) is 0 Å². The van der Waals surface area contributed by atoms with E-state index in [0.29, 0.717) is 12.3 Å². The highest BCUT2D eigenvalue weighted by atomic mass is 32.1. The van der Waals surface area contributed by atoms with Crippen molar-refractivity contribution in [3.05, 3.63) is 45.7 Å². The van der Waals surface area contributed by atoms with Gasteiger partial charge in [0.2, 0.25) is 0 Å². The maximum atomic E-state index is 12.7. The van der Waals surface area contributed by atoms with Gasteiger partial charge < -0.3 is 10.1 Å². The van der Waals surface area contributed by atoms with Crippen molar-refractivity contribution in [2.75, 3.05) is 19.7 Å². The van der Waals surface area contributed by atoms with E-state index in [1.807, 2.05) is 18.3 Å². The van der Waals surface area contributed by atoms with E-state index in [4.69, 9.17) is 4.74 Å². The monoisotopic (exact) mass is 400 g/mol. The Kier molecular flexibility index (Phi) is 5.75. The van der Waals surface area contributed by atoms with Crippen molar-refractivity contribution in [3.63, 3.8) is 0 Å². The third-order valence-corrected chi connectivity index (χ3v) is 6.75. The van der Waals surface area contributed by atoms with E-state index in [9.17, 15) is 4.79 Å². The quantitative estimate of drug-likeness (QED) is 0.854. The van der Waals surface area contributed by atoms with Gasteiger partial charge in [-0.1, -0.05) is 12.8 Å². The predicted octanol–water partition coefficient (Wildman–Crippen LogP) is 3.10. The van der Waals surface area contributed by atoms with Crippen LogP contribution in [0.3, 0.4) is 0 Å². The molecular weight excluding hydrogens is 372 g/mol. The van der Waals surface area contributed by atoms with Gasteiger partial charge in [0.25, 0.3) is 5.91 Å². The Morgan fingerprint density at radius 2 is 2.21 bits per heavy atom. The van der Waals surface area contributed by atoms with Crippen LogP contribution in [0.15, 0.2) is 24.5 Å². The fraction of sp³-hybridized carbons (Fsp3) is 0.571. The molecule has 3 heterocycles. The zero-order valence-corrected chi connectivity index (χ0v) is 17.4. The standard InChI is InChI=1S/C21H28N4O2S/c1-15-11-23-18(12-22-15)20(26)24-19-5-3-4-8-21(19)14-25(9-10-27-21)13-17-7-6-16(2)28-17/h6-7,11-12,19H,3-5,8-10,13-14H2,1-2H3,(H,24,26). The van der Waals surface area contributed by atoms with Crippen LogP contribution in [-0.2, 0) is 11.3 Å². The lowest BCUT2D eigenvalue weighted by Crippen LogP contribution is -2.63. The van der Waals surface area contributed by atoms with Crippen molar-refractivity contribution in [1.29, 1.82) is 0 Å². The number of hydrogen-bond donors (Lipinski definition) is 1. The van der Waals surface area contributed by atoms with Crippen LogP contribution < -0.4 is 5.32 Å². The molecule has 1 aliphatic heterocycles. The lowest BCUT2D eigenvalue weighted by molar-refractivity contribution is -0.143. The summed E-state index contributed by atoms with van der Waals surface area (Å²) >= 11 is 1.86. The van der Waals surface area contributed by atoms with Gasteiger partial charge in [-0.15, -0.1) is 11.3 Å². The summed E-state index contributed by atoms with van der Waals surface area (Å²) in [5, 5.41) is 3.21. The molecule has 0 radical (unpaired) electrons. The van der Waals surface area contributed by atoms with Crippen molar-refractivity contribution in [1.82, 2.24) is 20.2 Å². The average Bonchev–Trinajstić information content (AvgIpc) is 3.09. The molecular formula is C21H28N4O2S. The first-order valence-corrected chi connectivity index (χ1v) is 10.9. The Morgan fingerprint density at radius 1 is 1.32 bits per heavy atom. The van der Waals surface area contributed by atoms with Gasteiger partial charge in [-0.3, -0.25) is 14.7 Å². The number of carbonyl (C=O) groups is 1. The third-order valence-electron chi connectivity index (χ3n) is 5.76. The zero-order valence-electron chi connectivity index (χ0n) is 16.6. The SMILES string of the molecule is Cc1cnc(C(=O)NC2CCCCC23CN(Cc2ccc(C)s2)CCO3)cn1. The van der Waals surface area contributed by atoms with Crippen molar-refractivity contribution in [2.45, 2.75) is 57.7 Å². The molecule has 2 atom stereocenters. The van der Waals surface area contributed by atoms with Gasteiger partial charge in [-0.05, 0) is 38.8 Å². The smallest absolute Gasteiger partial charge is 0.271 e. The summed E-state index contributed by atoms with van der Waals surface area (Å²) in [6.07, 6.45) is 7.36. The number of thiophene rings is 1. The summed E-state index contributed by atoms with van der Waals surface area (Å²) in [6.45, 7) is 7.46. The lowest BCUT2D eigenvalue weighted by Gasteiger charge is -2.49. The van der Waals surface area contributed by atoms with Crippen LogP contribution in [0.1, 0.15) is 51.6 Å². The van der Waals surface area contributed by atoms with E-state index in [-0.39, 0.29) is 17.6 Å². The number of aryl methyl sites for hydroxylation is 2. The Morgan fingerprint density at radius 3 is 2.96 bits per heavy atom. The molecule has 2 unspecified atom stereocenters. The molecule has 2 aromatic heterocycles. The van der Waals surface area contributed by atoms with Gasteiger partial charge in [0.15, 0.2) is 0 Å². The maximum absolute atomic E-state index is 12.7. The summed E-state index contributed by atoms with van der Waals surface area (Å²) in [5.74, 6) is -0.159. The summed E-state index contributed by atoms with van der Waals surface area (Å²) in [7, 11) is 0. The second-order valence-corrected chi connectivity index (χ2v) is 9.32. The number of hydrogen-bond acceptors (Lipinski definition) is 6. The fourth-order valence-corrected chi connectivity index (χ4v) is 5.26. The summed E-state index contributed by atoms with van der Waals surface area (Å²) in [4.78, 5) is 26.4. The minimum atomic E-state index is -0.309. The van der Waals surface area contributed by atoms with Crippen molar-refractivity contribution >= 4 is 17.2 Å². The molecule has 2 aromatic rings. The second kappa shape index (κ2) is 8.27. The number of carbonyl (C=O) groups excluding carboxylic acids is 1. The van der Waals surface area contributed by atoms with E-state index in [1.54, 1.807) is 12.4 Å². The van der Waals surface area contributed by atoms with Crippen molar-refractivity contribution < 1.29 is 9.53 Å². The number of aromatic nitrogens is 2. The molecule has 7 heteroatoms. The number of ether oxygens (including phenoxy) is 1. The maximum Gasteiger partial charge on any atom is 0.271 e. The van der Waals surface area contributed by atoms with Crippen LogP contribution in [0.4, 0.5) is 0 Å². The van der Waals surface area contributed by atoms with Crippen molar-refractivity contribution in [3.8, 4) is 0 Å². The van der Waals surface area contributed by atoms with E-state index >= 15 is 0 Å². The van der Waals surface area contributed by atoms with Crippen LogP contribution in [-0.4, -0.2) is 52.1 Å². The summed E-state index contributed by atoms with van der Waals surface area (Å²) in [5.41, 5.74) is 0.866. The number of amides is 1. The highest BCUT2D eigenvalue weighted by molar-refractivity contribution is 7.11. The van der Waals surface area contributed by atoms with Gasteiger partial charge in [0.05, 0.1) is 24.5 Å². The Balaban J connectivity index is 1.47. The lowest BCUT2D eigenvalue weighted by atomic mass is 9.78. The normalized spacial score (nSPS) is 25.7. The molecule has 1 saturated carbocycles. The molecule has 150 valence electrons. The molecule has 6 nitrogen and oxygen atoms in total. The van der Waals surface area contributed by atoms with E-state index < -0.39 is 0 Å². The van der Waals surface area contributed by atoms with E-state index in [1.165, 1.54) is 9.75 Å². The first kappa shape index (κ1) is 19.5. The predicted molar refractivity (Wildman–Crippen MR) is 110 cm³/mol. The largest absolute Gasteiger partial charge is 0.370 e. The van der Waals surface area contributed by atoms with Crippen LogP contribution >= 0.6 is 11.3 Å². The molecule has 1 saturated heterocycles. The number of morpholine rings is 1. The van der Waals surface area contributed by atoms with Gasteiger partial charge >= 0.3 is 0 Å². The molecule has 2 aliphatic rings. The molecule has 28 heavy (non-hydrogen) atoms. The van der Waals surface area contributed by atoms with Crippen LogP contribution in [0.2, 0.25) is 0 Å². The molecule has 1 N–H and O–H groups in total. The Bertz CT molecular complexity index is 818. The molecule has 1 aliphatic carbocycles. The molecule has 1 spiro atoms. The van der Waals surface area contributed by atoms with E-state index in [0.717, 1.165) is 51.0 Å². The highest BCUT2D eigenvalue weighted by Gasteiger charge is 2.46. The number of rotatable bonds is 4. The minimum Gasteiger partial charge on any atom is -0.370 e. The fourth-order valence-electron chi connectivity index (χ4n) is 4.32. The Hall–Kier alpha value is -1.83. The Labute approximate surface area is 170 Å². The molecule has 4 rings (SSSR count). The first-order chi connectivity index (χ1) is 13.5. The van der Waals surface area contributed by atoms with Crippen LogP contribution in [0.5, 0.6) is 0 Å². The minimum absolute atomic E-state index is 0.00437. The van der Waals surface area contributed by atoms with Crippen LogP contribution in [0, 0.1) is 13.8 Å². The van der Waals surface area contributed by atoms with Gasteiger partial charge in [0.1, 0.15) is 11.3 Å². The molecule has 1 amide bonds. The number of nitrogens with one attached hydrogen (secondary N) is 1. The first-order valence-electron chi connectivity index (χ1n) is 10.1. The van der Waals surface area contributed by atoms with Gasteiger partial charge in [-0.25, -0.2) is 4.98 Å². The van der Waals surface area contributed by atoms with E-state index in [2.05, 4.69) is 39.2 Å². The second-order valence-electron chi connectivity index (χ2n) is 7.95. The highest BCUT2D eigenvalue weighted by Crippen LogP contribution is 2.35. The summed E-state index contributed by atoms with van der Waals surface area (Å²) < 4.78 is 6.36. The van der Waals surface area contributed by atoms with Crippen LogP contribution in [0.25, 0.3) is 0 Å². The molecule has 0 aromatic carbocycles. The topological polar surface area (TPSA) is 67.4 Å².